The zero-order valence-corrected chi connectivity index (χ0v) is 9.02. The van der Waals surface area contributed by atoms with Crippen LogP contribution in [-0.2, 0) is 9.53 Å². The van der Waals surface area contributed by atoms with Gasteiger partial charge in [-0.05, 0) is 33.9 Å². The van der Waals surface area contributed by atoms with Gasteiger partial charge in [0.1, 0.15) is 5.60 Å². The molecule has 0 spiro atoms. The highest BCUT2D eigenvalue weighted by molar-refractivity contribution is 5.80. The van der Waals surface area contributed by atoms with Crippen LogP contribution in [0.5, 0.6) is 0 Å². The Morgan fingerprint density at radius 1 is 1.36 bits per heavy atom. The summed E-state index contributed by atoms with van der Waals surface area (Å²) in [6, 6.07) is 0. The number of piperidine rings is 1. The molecule has 1 saturated heterocycles. The summed E-state index contributed by atoms with van der Waals surface area (Å²) in [5.41, 5.74) is -2.39. The van der Waals surface area contributed by atoms with E-state index in [4.69, 9.17) is 4.74 Å². The first-order chi connectivity index (χ1) is 6.33. The van der Waals surface area contributed by atoms with E-state index in [1.807, 2.05) is 0 Å². The van der Waals surface area contributed by atoms with Gasteiger partial charge in [0.2, 0.25) is 5.67 Å². The first kappa shape index (κ1) is 11.4. The number of nitrogens with one attached hydrogen (secondary N) is 1. The molecule has 0 unspecified atom stereocenters. The lowest BCUT2D eigenvalue weighted by atomic mass is 9.94. The van der Waals surface area contributed by atoms with E-state index < -0.39 is 17.2 Å². The Balaban J connectivity index is 2.58. The number of halogens is 1. The lowest BCUT2D eigenvalue weighted by Gasteiger charge is -2.31. The number of ether oxygens (including phenoxy) is 1. The van der Waals surface area contributed by atoms with Crippen LogP contribution < -0.4 is 5.32 Å². The first-order valence-corrected chi connectivity index (χ1v) is 4.97. The third-order valence-electron chi connectivity index (χ3n) is 2.16. The maximum absolute atomic E-state index is 14.0. The molecule has 1 N–H and O–H groups in total. The van der Waals surface area contributed by atoms with E-state index in [2.05, 4.69) is 5.32 Å². The third kappa shape index (κ3) is 2.94. The van der Waals surface area contributed by atoms with Crippen molar-refractivity contribution in [2.24, 2.45) is 0 Å². The van der Waals surface area contributed by atoms with Crippen molar-refractivity contribution in [3.8, 4) is 0 Å². The summed E-state index contributed by atoms with van der Waals surface area (Å²) in [4.78, 5) is 11.5. The topological polar surface area (TPSA) is 38.3 Å². The number of alkyl halides is 1. The van der Waals surface area contributed by atoms with Gasteiger partial charge < -0.3 is 10.1 Å². The fourth-order valence-electron chi connectivity index (χ4n) is 1.40. The molecule has 14 heavy (non-hydrogen) atoms. The molecule has 0 bridgehead atoms. The minimum Gasteiger partial charge on any atom is -0.458 e. The molecule has 3 nitrogen and oxygen atoms in total. The highest BCUT2D eigenvalue weighted by Crippen LogP contribution is 2.26. The second kappa shape index (κ2) is 3.85. The molecule has 82 valence electrons. The molecule has 0 aromatic rings. The Morgan fingerprint density at radius 2 is 1.86 bits per heavy atom. The minimum atomic E-state index is -1.78. The van der Waals surface area contributed by atoms with Crippen LogP contribution in [0.2, 0.25) is 0 Å². The Bertz CT molecular complexity index is 217. The molecular weight excluding hydrogens is 185 g/mol. The number of hydrogen-bond acceptors (Lipinski definition) is 3. The summed E-state index contributed by atoms with van der Waals surface area (Å²) < 4.78 is 19.0. The average molecular weight is 203 g/mol. The molecule has 1 aliphatic rings. The fourth-order valence-corrected chi connectivity index (χ4v) is 1.40. The van der Waals surface area contributed by atoms with Crippen molar-refractivity contribution in [3.05, 3.63) is 0 Å². The lowest BCUT2D eigenvalue weighted by Crippen LogP contribution is -2.47. The Morgan fingerprint density at radius 3 is 2.29 bits per heavy atom. The second-order valence-corrected chi connectivity index (χ2v) is 4.72. The van der Waals surface area contributed by atoms with Gasteiger partial charge in [-0.2, -0.15) is 0 Å². The molecule has 0 amide bonds. The van der Waals surface area contributed by atoms with Crippen LogP contribution >= 0.6 is 0 Å². The molecular formula is C10H18FNO2. The predicted octanol–water partition coefficient (Wildman–Crippen LogP) is 1.42. The smallest absolute Gasteiger partial charge is 0.344 e. The van der Waals surface area contributed by atoms with Crippen LogP contribution in [0.1, 0.15) is 33.6 Å². The third-order valence-corrected chi connectivity index (χ3v) is 2.16. The molecule has 1 heterocycles. The zero-order chi connectivity index (χ0) is 10.8. The van der Waals surface area contributed by atoms with E-state index in [1.165, 1.54) is 0 Å². The van der Waals surface area contributed by atoms with Gasteiger partial charge in [-0.15, -0.1) is 0 Å². The number of carbonyl (C=O) groups is 1. The molecule has 1 aliphatic heterocycles. The Kier molecular flexibility index (Phi) is 3.14. The van der Waals surface area contributed by atoms with E-state index in [9.17, 15) is 9.18 Å². The molecule has 4 heteroatoms. The van der Waals surface area contributed by atoms with E-state index in [0.717, 1.165) is 0 Å². The summed E-state index contributed by atoms with van der Waals surface area (Å²) in [7, 11) is 0. The van der Waals surface area contributed by atoms with Crippen LogP contribution in [0.4, 0.5) is 4.39 Å². The minimum absolute atomic E-state index is 0.210. The fraction of sp³-hybridized carbons (Fsp3) is 0.900. The normalized spacial score (nSPS) is 21.7. The Hall–Kier alpha value is -0.640. The number of esters is 1. The highest BCUT2D eigenvalue weighted by Gasteiger charge is 2.42. The van der Waals surface area contributed by atoms with E-state index in [0.29, 0.717) is 13.1 Å². The van der Waals surface area contributed by atoms with Crippen molar-refractivity contribution >= 4 is 5.97 Å². The van der Waals surface area contributed by atoms with E-state index >= 15 is 0 Å². The van der Waals surface area contributed by atoms with E-state index in [1.54, 1.807) is 20.8 Å². The zero-order valence-electron chi connectivity index (χ0n) is 9.02. The standard InChI is InChI=1S/C10H18FNO2/c1-9(2,3)14-8(13)10(11)4-6-12-7-5-10/h12H,4-7H2,1-3H3. The number of hydrogen-bond donors (Lipinski definition) is 1. The van der Waals surface area contributed by atoms with Gasteiger partial charge >= 0.3 is 5.97 Å². The Labute approximate surface area is 84.0 Å². The van der Waals surface area contributed by atoms with Crippen molar-refractivity contribution in [1.82, 2.24) is 5.32 Å². The van der Waals surface area contributed by atoms with Crippen LogP contribution in [0, 0.1) is 0 Å². The summed E-state index contributed by atoms with van der Waals surface area (Å²) >= 11 is 0. The predicted molar refractivity (Wildman–Crippen MR) is 51.8 cm³/mol. The summed E-state index contributed by atoms with van der Waals surface area (Å²) in [6.07, 6.45) is 0.420. The van der Waals surface area contributed by atoms with Crippen LogP contribution in [-0.4, -0.2) is 30.3 Å². The summed E-state index contributed by atoms with van der Waals surface area (Å²) in [5.74, 6) is -0.716. The highest BCUT2D eigenvalue weighted by atomic mass is 19.1. The van der Waals surface area contributed by atoms with Crippen molar-refractivity contribution in [1.29, 1.82) is 0 Å². The lowest BCUT2D eigenvalue weighted by molar-refractivity contribution is -0.171. The first-order valence-electron chi connectivity index (χ1n) is 4.97. The van der Waals surface area contributed by atoms with E-state index in [-0.39, 0.29) is 12.8 Å². The van der Waals surface area contributed by atoms with Gasteiger partial charge in [0.05, 0.1) is 0 Å². The molecule has 0 aliphatic carbocycles. The quantitative estimate of drug-likeness (QED) is 0.655. The van der Waals surface area contributed by atoms with Gasteiger partial charge in [0.25, 0.3) is 0 Å². The summed E-state index contributed by atoms with van der Waals surface area (Å²) in [6.45, 7) is 6.31. The van der Waals surface area contributed by atoms with Crippen molar-refractivity contribution in [2.75, 3.05) is 13.1 Å². The van der Waals surface area contributed by atoms with Crippen LogP contribution in [0.25, 0.3) is 0 Å². The van der Waals surface area contributed by atoms with Gasteiger partial charge in [-0.25, -0.2) is 9.18 Å². The maximum Gasteiger partial charge on any atom is 0.344 e. The van der Waals surface area contributed by atoms with Gasteiger partial charge in [0, 0.05) is 12.8 Å². The SMILES string of the molecule is CC(C)(C)OC(=O)C1(F)CCNCC1. The van der Waals surface area contributed by atoms with Crippen LogP contribution in [0.15, 0.2) is 0 Å². The molecule has 0 aromatic heterocycles. The van der Waals surface area contributed by atoms with Crippen molar-refractivity contribution in [2.45, 2.75) is 44.9 Å². The number of carbonyl (C=O) groups excluding carboxylic acids is 1. The van der Waals surface area contributed by atoms with Gasteiger partial charge in [0.15, 0.2) is 0 Å². The molecule has 0 radical (unpaired) electrons. The second-order valence-electron chi connectivity index (χ2n) is 4.72. The molecule has 0 aromatic carbocycles. The van der Waals surface area contributed by atoms with Gasteiger partial charge in [-0.3, -0.25) is 0 Å². The monoisotopic (exact) mass is 203 g/mol. The largest absolute Gasteiger partial charge is 0.458 e. The van der Waals surface area contributed by atoms with Crippen LogP contribution in [0.3, 0.4) is 0 Å². The number of rotatable bonds is 1. The molecule has 0 saturated carbocycles. The maximum atomic E-state index is 14.0. The average Bonchev–Trinajstić information content (AvgIpc) is 2.02. The van der Waals surface area contributed by atoms with Crippen molar-refractivity contribution in [3.63, 3.8) is 0 Å². The molecule has 0 atom stereocenters. The van der Waals surface area contributed by atoms with Gasteiger partial charge in [-0.1, -0.05) is 0 Å². The summed E-state index contributed by atoms with van der Waals surface area (Å²) in [5, 5.41) is 3.01. The van der Waals surface area contributed by atoms with Crippen molar-refractivity contribution < 1.29 is 13.9 Å². The molecule has 1 fully saturated rings. The molecule has 1 rings (SSSR count).